The lowest BCUT2D eigenvalue weighted by Gasteiger charge is -2.40. The van der Waals surface area contributed by atoms with E-state index in [2.05, 4.69) is 47.2 Å². The van der Waals surface area contributed by atoms with Crippen LogP contribution in [-0.4, -0.2) is 52.3 Å². The zero-order valence-electron chi connectivity index (χ0n) is 26.9. The topological polar surface area (TPSA) is 118 Å². The van der Waals surface area contributed by atoms with Crippen molar-refractivity contribution in [1.82, 2.24) is 4.98 Å². The molecule has 1 fully saturated rings. The minimum Gasteiger partial charge on any atom is -0.481 e. The predicted octanol–water partition coefficient (Wildman–Crippen LogP) is 7.89. The van der Waals surface area contributed by atoms with E-state index in [-0.39, 0.29) is 55.7 Å². The van der Waals surface area contributed by atoms with Gasteiger partial charge in [-0.2, -0.15) is 0 Å². The highest BCUT2D eigenvalue weighted by atomic mass is 35.5. The number of pyridine rings is 1. The fourth-order valence-corrected chi connectivity index (χ4v) is 5.62. The first-order chi connectivity index (χ1) is 20.7. The van der Waals surface area contributed by atoms with Crippen molar-refractivity contribution in [2.45, 2.75) is 117 Å². The highest BCUT2D eigenvalue weighted by Gasteiger charge is 2.30. The van der Waals surface area contributed by atoms with Gasteiger partial charge in [0.25, 0.3) is 0 Å². The van der Waals surface area contributed by atoms with E-state index in [0.717, 1.165) is 54.9 Å². The van der Waals surface area contributed by atoms with E-state index in [4.69, 9.17) is 26.2 Å². The zero-order valence-corrected chi connectivity index (χ0v) is 27.7. The molecule has 9 nitrogen and oxygen atoms in total. The number of nitrogens with zero attached hydrogens (tertiary/aromatic N) is 2. The Morgan fingerprint density at radius 3 is 2.34 bits per heavy atom. The largest absolute Gasteiger partial charge is 0.481 e. The summed E-state index contributed by atoms with van der Waals surface area (Å²) in [6.45, 7) is 12.9. The Balaban J connectivity index is 1.82. The SMILES string of the molecule is CC(C)CN(c1ccc(C(C)CC(=O)OC(C)(C)C)cc1Nc1ccc(Cl)nc1)C1CCC(OC(=O)CCCC(=O)O)CC1. The summed E-state index contributed by atoms with van der Waals surface area (Å²) >= 11 is 6.05. The molecule has 1 atom stereocenters. The molecule has 0 spiro atoms. The predicted molar refractivity (Wildman–Crippen MR) is 174 cm³/mol. The van der Waals surface area contributed by atoms with Crippen LogP contribution in [0, 0.1) is 5.92 Å². The van der Waals surface area contributed by atoms with Gasteiger partial charge in [0.15, 0.2) is 0 Å². The van der Waals surface area contributed by atoms with E-state index in [1.54, 1.807) is 12.3 Å². The summed E-state index contributed by atoms with van der Waals surface area (Å²) in [7, 11) is 0. The summed E-state index contributed by atoms with van der Waals surface area (Å²) in [6.07, 6.45) is 5.41. The first-order valence-corrected chi connectivity index (χ1v) is 16.0. The van der Waals surface area contributed by atoms with E-state index in [1.165, 1.54) is 0 Å². The molecule has 44 heavy (non-hydrogen) atoms. The molecule has 1 aliphatic carbocycles. The maximum absolute atomic E-state index is 12.6. The number of aromatic nitrogens is 1. The van der Waals surface area contributed by atoms with Crippen molar-refractivity contribution in [3.05, 3.63) is 47.2 Å². The van der Waals surface area contributed by atoms with Crippen LogP contribution in [-0.2, 0) is 23.9 Å². The Morgan fingerprint density at radius 2 is 1.75 bits per heavy atom. The molecule has 0 radical (unpaired) electrons. The smallest absolute Gasteiger partial charge is 0.306 e. The van der Waals surface area contributed by atoms with Crippen LogP contribution >= 0.6 is 11.6 Å². The monoisotopic (exact) mass is 629 g/mol. The Labute approximate surface area is 266 Å². The molecule has 3 rings (SSSR count). The third kappa shape index (κ3) is 11.6. The average molecular weight is 630 g/mol. The number of carboxylic acids is 1. The summed E-state index contributed by atoms with van der Waals surface area (Å²) in [5.74, 6) is -1.12. The van der Waals surface area contributed by atoms with Gasteiger partial charge in [-0.1, -0.05) is 38.4 Å². The van der Waals surface area contributed by atoms with Crippen LogP contribution in [0.5, 0.6) is 0 Å². The van der Waals surface area contributed by atoms with Crippen molar-refractivity contribution in [2.75, 3.05) is 16.8 Å². The number of benzene rings is 1. The van der Waals surface area contributed by atoms with Gasteiger partial charge in [-0.25, -0.2) is 4.98 Å². The minimum absolute atomic E-state index is 0.0347. The molecule has 1 saturated carbocycles. The number of nitrogens with one attached hydrogen (secondary N) is 1. The van der Waals surface area contributed by atoms with Gasteiger partial charge in [-0.15, -0.1) is 0 Å². The second-order valence-electron chi connectivity index (χ2n) is 13.2. The molecule has 0 aliphatic heterocycles. The van der Waals surface area contributed by atoms with Gasteiger partial charge in [0, 0.05) is 25.4 Å². The molecule has 2 N–H and O–H groups in total. The number of esters is 2. The molecule has 0 amide bonds. The standard InChI is InChI=1S/C34H48ClN3O6/c1-22(2)21-38(26-12-14-27(15-13-26)43-32(41)9-7-8-31(39)40)29-16-10-24(23(3)18-33(42)44-34(4,5)6)19-28(29)37-25-11-17-30(35)36-20-25/h10-11,16-17,19-20,22-23,26-27,37H,7-9,12-15,18,21H2,1-6H3,(H,39,40). The lowest BCUT2D eigenvalue weighted by molar-refractivity contribution is -0.155. The molecule has 1 aromatic carbocycles. The molecule has 1 unspecified atom stereocenters. The highest BCUT2D eigenvalue weighted by Crippen LogP contribution is 2.38. The second-order valence-corrected chi connectivity index (χ2v) is 13.6. The molecular formula is C34H48ClN3O6. The van der Waals surface area contributed by atoms with E-state index >= 15 is 0 Å². The van der Waals surface area contributed by atoms with Crippen molar-refractivity contribution in [3.8, 4) is 0 Å². The summed E-state index contributed by atoms with van der Waals surface area (Å²) in [5, 5.41) is 12.8. The fraction of sp³-hybridized carbons (Fsp3) is 0.588. The maximum atomic E-state index is 12.6. The lowest BCUT2D eigenvalue weighted by atomic mass is 9.90. The van der Waals surface area contributed by atoms with Crippen LogP contribution in [0.25, 0.3) is 0 Å². The van der Waals surface area contributed by atoms with Crippen LogP contribution in [0.1, 0.15) is 104 Å². The number of anilines is 3. The molecule has 1 aliphatic rings. The Morgan fingerprint density at radius 1 is 1.05 bits per heavy atom. The van der Waals surface area contributed by atoms with Crippen molar-refractivity contribution < 1.29 is 29.0 Å². The van der Waals surface area contributed by atoms with E-state index in [0.29, 0.717) is 11.1 Å². The lowest BCUT2D eigenvalue weighted by Crippen LogP contribution is -2.42. The van der Waals surface area contributed by atoms with Crippen molar-refractivity contribution >= 4 is 46.6 Å². The third-order valence-corrected chi connectivity index (χ3v) is 7.74. The number of carbonyl (C=O) groups is 3. The van der Waals surface area contributed by atoms with Crippen LogP contribution < -0.4 is 10.2 Å². The van der Waals surface area contributed by atoms with Crippen LogP contribution in [0.3, 0.4) is 0 Å². The molecular weight excluding hydrogens is 582 g/mol. The molecule has 10 heteroatoms. The van der Waals surface area contributed by atoms with Crippen LogP contribution in [0.15, 0.2) is 36.5 Å². The zero-order chi connectivity index (χ0) is 32.4. The number of hydrogen-bond donors (Lipinski definition) is 2. The van der Waals surface area contributed by atoms with Gasteiger partial charge >= 0.3 is 17.9 Å². The van der Waals surface area contributed by atoms with Crippen molar-refractivity contribution in [3.63, 3.8) is 0 Å². The molecule has 1 aromatic heterocycles. The first kappa shape index (κ1) is 35.2. The number of ether oxygens (including phenoxy) is 2. The van der Waals surface area contributed by atoms with Crippen LogP contribution in [0.2, 0.25) is 5.15 Å². The summed E-state index contributed by atoms with van der Waals surface area (Å²) < 4.78 is 11.3. The first-order valence-electron chi connectivity index (χ1n) is 15.6. The number of aliphatic carboxylic acids is 1. The Hall–Kier alpha value is -3.33. The number of carbonyl (C=O) groups excluding carboxylic acids is 2. The summed E-state index contributed by atoms with van der Waals surface area (Å²) in [6, 6.07) is 10.2. The van der Waals surface area contributed by atoms with Gasteiger partial charge < -0.3 is 24.8 Å². The van der Waals surface area contributed by atoms with Gasteiger partial charge in [-0.3, -0.25) is 14.4 Å². The van der Waals surface area contributed by atoms with E-state index in [1.807, 2.05) is 33.8 Å². The third-order valence-electron chi connectivity index (χ3n) is 7.51. The molecule has 2 aromatic rings. The quantitative estimate of drug-likeness (QED) is 0.159. The van der Waals surface area contributed by atoms with Crippen molar-refractivity contribution in [1.29, 1.82) is 0 Å². The molecule has 1 heterocycles. The van der Waals surface area contributed by atoms with E-state index in [9.17, 15) is 14.4 Å². The summed E-state index contributed by atoms with van der Waals surface area (Å²) in [4.78, 5) is 42.3. The number of hydrogen-bond acceptors (Lipinski definition) is 8. The fourth-order valence-electron chi connectivity index (χ4n) is 5.51. The van der Waals surface area contributed by atoms with Crippen LogP contribution in [0.4, 0.5) is 17.1 Å². The Bertz CT molecular complexity index is 1250. The highest BCUT2D eigenvalue weighted by molar-refractivity contribution is 6.29. The number of carboxylic acid groups (broad SMARTS) is 1. The maximum Gasteiger partial charge on any atom is 0.306 e. The number of rotatable bonds is 14. The average Bonchev–Trinajstić information content (AvgIpc) is 2.92. The molecule has 242 valence electrons. The van der Waals surface area contributed by atoms with Crippen molar-refractivity contribution in [2.24, 2.45) is 5.92 Å². The molecule has 0 saturated heterocycles. The van der Waals surface area contributed by atoms with Gasteiger partial charge in [0.2, 0.25) is 0 Å². The van der Waals surface area contributed by atoms with Gasteiger partial charge in [-0.05, 0) is 94.5 Å². The van der Waals surface area contributed by atoms with Gasteiger partial charge in [0.05, 0.1) is 29.7 Å². The minimum atomic E-state index is -0.907. The van der Waals surface area contributed by atoms with Gasteiger partial charge in [0.1, 0.15) is 16.9 Å². The molecule has 0 bridgehead atoms. The second kappa shape index (κ2) is 16.1. The normalized spacial score (nSPS) is 17.5. The Kier molecular flexibility index (Phi) is 12.9. The summed E-state index contributed by atoms with van der Waals surface area (Å²) in [5.41, 5.74) is 3.25. The number of halogens is 1. The van der Waals surface area contributed by atoms with E-state index < -0.39 is 11.6 Å².